The molecule has 0 bridgehead atoms. The molecular weight excluding hydrogens is 284 g/mol. The summed E-state index contributed by atoms with van der Waals surface area (Å²) in [6.45, 7) is 9.43. The van der Waals surface area contributed by atoms with Crippen molar-refractivity contribution in [2.45, 2.75) is 51.6 Å². The molecule has 2 N–H and O–H groups in total. The van der Waals surface area contributed by atoms with Crippen LogP contribution in [-0.4, -0.2) is 21.0 Å². The van der Waals surface area contributed by atoms with Crippen LogP contribution in [0, 0.1) is 18.8 Å². The molecule has 118 valence electrons. The van der Waals surface area contributed by atoms with Crippen LogP contribution in [0.25, 0.3) is 0 Å². The molecule has 2 unspecified atom stereocenters. The van der Waals surface area contributed by atoms with E-state index >= 15 is 0 Å². The van der Waals surface area contributed by atoms with Gasteiger partial charge in [-0.1, -0.05) is 32.9 Å². The van der Waals surface area contributed by atoms with Crippen molar-refractivity contribution in [1.82, 2.24) is 10.0 Å². The van der Waals surface area contributed by atoms with E-state index in [4.69, 9.17) is 0 Å². The summed E-state index contributed by atoms with van der Waals surface area (Å²) in [4.78, 5) is 0.402. The van der Waals surface area contributed by atoms with Gasteiger partial charge in [-0.15, -0.1) is 0 Å². The maximum atomic E-state index is 12.5. The highest BCUT2D eigenvalue weighted by molar-refractivity contribution is 7.89. The van der Waals surface area contributed by atoms with E-state index in [2.05, 4.69) is 30.8 Å². The van der Waals surface area contributed by atoms with E-state index in [9.17, 15) is 8.42 Å². The SMILES string of the molecule is Cc1c(CNC(C)C)cccc1S(=O)(=O)NCC1CC1C. The first-order valence-corrected chi connectivity index (χ1v) is 9.11. The molecule has 2 rings (SSSR count). The Kier molecular flexibility index (Phi) is 5.07. The quantitative estimate of drug-likeness (QED) is 0.813. The molecule has 0 spiro atoms. The number of sulfonamides is 1. The third-order valence-corrected chi connectivity index (χ3v) is 5.77. The monoisotopic (exact) mass is 310 g/mol. The third kappa shape index (κ3) is 4.28. The summed E-state index contributed by atoms with van der Waals surface area (Å²) in [5.41, 5.74) is 1.87. The van der Waals surface area contributed by atoms with Crippen LogP contribution in [-0.2, 0) is 16.6 Å². The van der Waals surface area contributed by atoms with E-state index in [1.54, 1.807) is 6.07 Å². The van der Waals surface area contributed by atoms with Crippen LogP contribution in [0.3, 0.4) is 0 Å². The zero-order valence-corrected chi connectivity index (χ0v) is 14.1. The minimum atomic E-state index is -3.41. The van der Waals surface area contributed by atoms with E-state index < -0.39 is 10.0 Å². The molecule has 1 aromatic rings. The zero-order valence-electron chi connectivity index (χ0n) is 13.3. The van der Waals surface area contributed by atoms with Crippen LogP contribution in [0.15, 0.2) is 23.1 Å². The molecule has 0 aromatic heterocycles. The lowest BCUT2D eigenvalue weighted by Gasteiger charge is -2.14. The van der Waals surface area contributed by atoms with Gasteiger partial charge in [-0.3, -0.25) is 0 Å². The van der Waals surface area contributed by atoms with Crippen molar-refractivity contribution >= 4 is 10.0 Å². The minimum Gasteiger partial charge on any atom is -0.310 e. The Hall–Kier alpha value is -0.910. The van der Waals surface area contributed by atoms with Gasteiger partial charge < -0.3 is 5.32 Å². The fraction of sp³-hybridized carbons (Fsp3) is 0.625. The van der Waals surface area contributed by atoms with Crippen molar-refractivity contribution in [1.29, 1.82) is 0 Å². The Labute approximate surface area is 128 Å². The Bertz CT molecular complexity index is 596. The van der Waals surface area contributed by atoms with Crippen LogP contribution in [0.5, 0.6) is 0 Å². The van der Waals surface area contributed by atoms with Gasteiger partial charge in [-0.05, 0) is 42.4 Å². The lowest BCUT2D eigenvalue weighted by Crippen LogP contribution is -2.27. The van der Waals surface area contributed by atoms with Crippen molar-refractivity contribution in [2.24, 2.45) is 11.8 Å². The van der Waals surface area contributed by atoms with Crippen molar-refractivity contribution in [3.63, 3.8) is 0 Å². The summed E-state index contributed by atoms with van der Waals surface area (Å²) in [5.74, 6) is 1.15. The van der Waals surface area contributed by atoms with Gasteiger partial charge in [0.1, 0.15) is 0 Å². The summed E-state index contributed by atoms with van der Waals surface area (Å²) in [5, 5.41) is 3.33. The molecule has 2 atom stereocenters. The summed E-state index contributed by atoms with van der Waals surface area (Å²) in [7, 11) is -3.41. The van der Waals surface area contributed by atoms with Gasteiger partial charge in [0.05, 0.1) is 4.90 Å². The minimum absolute atomic E-state index is 0.374. The topological polar surface area (TPSA) is 58.2 Å². The van der Waals surface area contributed by atoms with Gasteiger partial charge in [0, 0.05) is 19.1 Å². The summed E-state index contributed by atoms with van der Waals surface area (Å²) in [6.07, 6.45) is 1.12. The lowest BCUT2D eigenvalue weighted by molar-refractivity contribution is 0.571. The summed E-state index contributed by atoms with van der Waals surface area (Å²) in [6, 6.07) is 5.86. The van der Waals surface area contributed by atoms with Gasteiger partial charge in [0.25, 0.3) is 0 Å². The molecule has 21 heavy (non-hydrogen) atoms. The summed E-state index contributed by atoms with van der Waals surface area (Å²) < 4.78 is 27.7. The predicted octanol–water partition coefficient (Wildman–Crippen LogP) is 2.43. The van der Waals surface area contributed by atoms with Crippen molar-refractivity contribution < 1.29 is 8.42 Å². The van der Waals surface area contributed by atoms with E-state index in [0.717, 1.165) is 17.5 Å². The number of hydrogen-bond acceptors (Lipinski definition) is 3. The second-order valence-corrected chi connectivity index (χ2v) is 8.14. The van der Waals surface area contributed by atoms with E-state index in [-0.39, 0.29) is 0 Å². The van der Waals surface area contributed by atoms with Crippen LogP contribution >= 0.6 is 0 Å². The van der Waals surface area contributed by atoms with E-state index in [1.807, 2.05) is 19.1 Å². The number of nitrogens with one attached hydrogen (secondary N) is 2. The number of benzene rings is 1. The molecule has 1 aliphatic carbocycles. The molecule has 1 saturated carbocycles. The third-order valence-electron chi connectivity index (χ3n) is 4.20. The number of rotatable bonds is 7. The second kappa shape index (κ2) is 6.46. The molecule has 0 saturated heterocycles. The molecule has 5 heteroatoms. The molecule has 0 amide bonds. The van der Waals surface area contributed by atoms with Gasteiger partial charge in [0.15, 0.2) is 0 Å². The lowest BCUT2D eigenvalue weighted by atomic mass is 10.1. The Morgan fingerprint density at radius 2 is 2.00 bits per heavy atom. The van der Waals surface area contributed by atoms with Crippen LogP contribution in [0.4, 0.5) is 0 Å². The first-order valence-electron chi connectivity index (χ1n) is 7.63. The average Bonchev–Trinajstić information content (AvgIpc) is 3.11. The Balaban J connectivity index is 2.12. The van der Waals surface area contributed by atoms with Gasteiger partial charge in [-0.25, -0.2) is 13.1 Å². The van der Waals surface area contributed by atoms with Crippen molar-refractivity contribution in [3.05, 3.63) is 29.3 Å². The Morgan fingerprint density at radius 3 is 2.57 bits per heavy atom. The van der Waals surface area contributed by atoms with Gasteiger partial charge in [0.2, 0.25) is 10.0 Å². The van der Waals surface area contributed by atoms with Crippen LogP contribution in [0.1, 0.15) is 38.3 Å². The maximum absolute atomic E-state index is 12.5. The molecule has 1 aliphatic rings. The zero-order chi connectivity index (χ0) is 15.6. The first kappa shape index (κ1) is 16.5. The smallest absolute Gasteiger partial charge is 0.240 e. The van der Waals surface area contributed by atoms with Gasteiger partial charge >= 0.3 is 0 Å². The molecule has 1 aromatic carbocycles. The predicted molar refractivity (Wildman–Crippen MR) is 85.6 cm³/mol. The fourth-order valence-electron chi connectivity index (χ4n) is 2.43. The molecule has 0 radical (unpaired) electrons. The standard InChI is InChI=1S/C16H26N2O2S/c1-11(2)17-9-14-6-5-7-16(13(14)4)21(19,20)18-10-15-8-12(15)3/h5-7,11-12,15,17-18H,8-10H2,1-4H3. The van der Waals surface area contributed by atoms with Crippen LogP contribution < -0.4 is 10.0 Å². The molecule has 0 heterocycles. The average molecular weight is 310 g/mol. The highest BCUT2D eigenvalue weighted by Crippen LogP contribution is 2.37. The van der Waals surface area contributed by atoms with E-state index in [1.165, 1.54) is 0 Å². The highest BCUT2D eigenvalue weighted by Gasteiger charge is 2.33. The second-order valence-electron chi connectivity index (χ2n) is 6.40. The molecule has 0 aliphatic heterocycles. The van der Waals surface area contributed by atoms with E-state index in [0.29, 0.717) is 35.9 Å². The number of hydrogen-bond donors (Lipinski definition) is 2. The molecule has 4 nitrogen and oxygen atoms in total. The highest BCUT2D eigenvalue weighted by atomic mass is 32.2. The maximum Gasteiger partial charge on any atom is 0.240 e. The Morgan fingerprint density at radius 1 is 1.33 bits per heavy atom. The molecule has 1 fully saturated rings. The first-order chi connectivity index (χ1) is 9.81. The van der Waals surface area contributed by atoms with Gasteiger partial charge in [-0.2, -0.15) is 0 Å². The van der Waals surface area contributed by atoms with Crippen molar-refractivity contribution in [2.75, 3.05) is 6.54 Å². The largest absolute Gasteiger partial charge is 0.310 e. The molecular formula is C16H26N2O2S. The van der Waals surface area contributed by atoms with Crippen molar-refractivity contribution in [3.8, 4) is 0 Å². The fourth-order valence-corrected chi connectivity index (χ4v) is 3.82. The van der Waals surface area contributed by atoms with Crippen LogP contribution in [0.2, 0.25) is 0 Å². The normalized spacial score (nSPS) is 21.8. The summed E-state index contributed by atoms with van der Waals surface area (Å²) >= 11 is 0.